The lowest BCUT2D eigenvalue weighted by atomic mass is 9.99. The fourth-order valence-electron chi connectivity index (χ4n) is 12.2. The lowest BCUT2D eigenvalue weighted by molar-refractivity contribution is -0.161. The Balaban J connectivity index is 5.22. The molecule has 0 aliphatic carbocycles. The Hall–Kier alpha value is -1.94. The maximum atomic E-state index is 13.1. The van der Waals surface area contributed by atoms with Crippen molar-refractivity contribution in [2.45, 2.75) is 432 Å². The minimum Gasteiger partial charge on any atom is -0.462 e. The molecule has 3 N–H and O–H groups in total. The molecule has 98 heavy (non-hydrogen) atoms. The molecule has 19 heteroatoms. The molecule has 6 atom stereocenters. The number of phosphoric acid groups is 2. The Morgan fingerprint density at radius 3 is 0.776 bits per heavy atom. The lowest BCUT2D eigenvalue weighted by Crippen LogP contribution is -2.30. The van der Waals surface area contributed by atoms with Gasteiger partial charge in [-0.2, -0.15) is 0 Å². The molecule has 0 fully saturated rings. The van der Waals surface area contributed by atoms with E-state index in [-0.39, 0.29) is 25.7 Å². The second-order valence-electron chi connectivity index (χ2n) is 29.2. The zero-order chi connectivity index (χ0) is 72.1. The first-order valence-electron chi connectivity index (χ1n) is 41.0. The molecule has 0 aromatic heterocycles. The van der Waals surface area contributed by atoms with Crippen molar-refractivity contribution in [2.75, 3.05) is 39.6 Å². The van der Waals surface area contributed by atoms with Crippen molar-refractivity contribution in [3.8, 4) is 0 Å². The van der Waals surface area contributed by atoms with Gasteiger partial charge in [-0.1, -0.05) is 363 Å². The minimum absolute atomic E-state index is 0.106. The third-order valence-electron chi connectivity index (χ3n) is 18.8. The van der Waals surface area contributed by atoms with Crippen LogP contribution in [0, 0.1) is 11.8 Å². The average Bonchev–Trinajstić information content (AvgIpc) is 1.11. The molecule has 0 aromatic rings. The summed E-state index contributed by atoms with van der Waals surface area (Å²) in [7, 11) is -9.92. The normalized spacial score (nSPS) is 14.2. The number of unbranched alkanes of at least 4 members (excludes halogenated alkanes) is 47. The Labute approximate surface area is 600 Å². The number of esters is 4. The topological polar surface area (TPSA) is 237 Å². The van der Waals surface area contributed by atoms with Gasteiger partial charge in [0.2, 0.25) is 0 Å². The van der Waals surface area contributed by atoms with Gasteiger partial charge in [0.25, 0.3) is 0 Å². The summed E-state index contributed by atoms with van der Waals surface area (Å²) in [5.41, 5.74) is 0. The third kappa shape index (κ3) is 71.1. The summed E-state index contributed by atoms with van der Waals surface area (Å²) in [6, 6.07) is 0. The summed E-state index contributed by atoms with van der Waals surface area (Å²) < 4.78 is 68.6. The van der Waals surface area contributed by atoms with E-state index < -0.39 is 97.5 Å². The van der Waals surface area contributed by atoms with Gasteiger partial charge < -0.3 is 33.8 Å². The third-order valence-corrected chi connectivity index (χ3v) is 20.7. The first kappa shape index (κ1) is 96.1. The Bertz CT molecular complexity index is 1890. The van der Waals surface area contributed by atoms with Crippen molar-refractivity contribution >= 4 is 39.5 Å². The Morgan fingerprint density at radius 1 is 0.296 bits per heavy atom. The van der Waals surface area contributed by atoms with E-state index in [4.69, 9.17) is 37.0 Å². The van der Waals surface area contributed by atoms with Gasteiger partial charge in [0.15, 0.2) is 12.2 Å². The summed E-state index contributed by atoms with van der Waals surface area (Å²) in [5, 5.41) is 10.6. The Morgan fingerprint density at radius 2 is 0.520 bits per heavy atom. The van der Waals surface area contributed by atoms with Gasteiger partial charge in [0, 0.05) is 25.7 Å². The zero-order valence-electron chi connectivity index (χ0n) is 64.1. The molecule has 17 nitrogen and oxygen atoms in total. The lowest BCUT2D eigenvalue weighted by Gasteiger charge is -2.21. The van der Waals surface area contributed by atoms with Crippen LogP contribution in [0.25, 0.3) is 0 Å². The molecular formula is C79H154O17P2. The quantitative estimate of drug-likeness (QED) is 0.0222. The van der Waals surface area contributed by atoms with Crippen LogP contribution in [0.2, 0.25) is 0 Å². The summed E-state index contributed by atoms with van der Waals surface area (Å²) >= 11 is 0. The number of rotatable bonds is 78. The van der Waals surface area contributed by atoms with E-state index in [1.165, 1.54) is 231 Å². The van der Waals surface area contributed by atoms with E-state index in [0.717, 1.165) is 102 Å². The van der Waals surface area contributed by atoms with Crippen molar-refractivity contribution in [3.63, 3.8) is 0 Å². The maximum absolute atomic E-state index is 13.1. The largest absolute Gasteiger partial charge is 0.472 e. The van der Waals surface area contributed by atoms with E-state index in [0.29, 0.717) is 25.7 Å². The van der Waals surface area contributed by atoms with Gasteiger partial charge in [-0.05, 0) is 37.5 Å². The highest BCUT2D eigenvalue weighted by Crippen LogP contribution is 2.45. The van der Waals surface area contributed by atoms with Crippen molar-refractivity contribution < 1.29 is 80.2 Å². The number of aliphatic hydroxyl groups excluding tert-OH is 1. The van der Waals surface area contributed by atoms with Crippen molar-refractivity contribution in [1.29, 1.82) is 0 Å². The second-order valence-corrected chi connectivity index (χ2v) is 32.1. The van der Waals surface area contributed by atoms with Gasteiger partial charge in [-0.3, -0.25) is 37.3 Å². The number of aliphatic hydroxyl groups is 1. The number of carbonyl (C=O) groups is 4. The summed E-state index contributed by atoms with van der Waals surface area (Å²) in [4.78, 5) is 72.9. The minimum atomic E-state index is -4.96. The second kappa shape index (κ2) is 70.7. The first-order chi connectivity index (χ1) is 47.4. The van der Waals surface area contributed by atoms with Gasteiger partial charge in [0.1, 0.15) is 19.3 Å². The van der Waals surface area contributed by atoms with Crippen molar-refractivity contribution in [2.24, 2.45) is 11.8 Å². The number of carbonyl (C=O) groups excluding carboxylic acids is 4. The van der Waals surface area contributed by atoms with Crippen LogP contribution in [0.3, 0.4) is 0 Å². The number of hydrogen-bond donors (Lipinski definition) is 3. The predicted octanol–water partition coefficient (Wildman–Crippen LogP) is 23.5. The van der Waals surface area contributed by atoms with Crippen LogP contribution in [0.4, 0.5) is 0 Å². The molecule has 3 unspecified atom stereocenters. The molecule has 0 saturated carbocycles. The summed E-state index contributed by atoms with van der Waals surface area (Å²) in [6.07, 6.45) is 59.6. The fourth-order valence-corrected chi connectivity index (χ4v) is 13.7. The van der Waals surface area contributed by atoms with Crippen LogP contribution >= 0.6 is 15.6 Å². The van der Waals surface area contributed by atoms with E-state index in [1.807, 2.05) is 0 Å². The van der Waals surface area contributed by atoms with Crippen molar-refractivity contribution in [1.82, 2.24) is 0 Å². The standard InChI is InChI=1S/C79H154O17P2/c1-7-10-12-14-16-18-20-21-22-23-24-25-26-27-28-29-31-39-45-51-57-63-78(83)95-74(67-90-77(82)62-56-50-44-38-33-32-36-42-48-54-60-72(6)9-3)69-93-97(85,86)91-65-73(80)66-92-98(87,88)94-70-75(68-89-76(81)61-55-49-43-37-30-19-17-15-13-11-8-2)96-79(84)64-58-52-46-40-34-35-41-47-53-59-71(4)5/h71-75,80H,7-70H2,1-6H3,(H,85,86)(H,87,88)/t72?,73-,74-,75-/m1/s1. The van der Waals surface area contributed by atoms with Crippen LogP contribution in [0.15, 0.2) is 0 Å². The molecule has 0 bridgehead atoms. The summed E-state index contributed by atoms with van der Waals surface area (Å²) in [6.45, 7) is 9.62. The van der Waals surface area contributed by atoms with Crippen LogP contribution in [0.1, 0.15) is 414 Å². The number of phosphoric ester groups is 2. The molecule has 0 amide bonds. The summed E-state index contributed by atoms with van der Waals surface area (Å²) in [5.74, 6) is -0.567. The molecular weight excluding hydrogens is 1280 g/mol. The molecule has 0 aliphatic rings. The van der Waals surface area contributed by atoms with Crippen LogP contribution in [-0.2, 0) is 65.4 Å². The Kier molecular flexibility index (Phi) is 69.3. The maximum Gasteiger partial charge on any atom is 0.472 e. The molecule has 0 aromatic carbocycles. The molecule has 582 valence electrons. The molecule has 0 heterocycles. The molecule has 0 saturated heterocycles. The number of ether oxygens (including phenoxy) is 4. The van der Waals surface area contributed by atoms with E-state index >= 15 is 0 Å². The van der Waals surface area contributed by atoms with Crippen LogP contribution < -0.4 is 0 Å². The van der Waals surface area contributed by atoms with Gasteiger partial charge in [0.05, 0.1) is 26.4 Å². The van der Waals surface area contributed by atoms with E-state index in [1.54, 1.807) is 0 Å². The van der Waals surface area contributed by atoms with Gasteiger partial charge >= 0.3 is 39.5 Å². The smallest absolute Gasteiger partial charge is 0.462 e. The molecule has 0 radical (unpaired) electrons. The highest BCUT2D eigenvalue weighted by Gasteiger charge is 2.30. The van der Waals surface area contributed by atoms with Crippen LogP contribution in [-0.4, -0.2) is 96.7 Å². The number of hydrogen-bond acceptors (Lipinski definition) is 15. The van der Waals surface area contributed by atoms with E-state index in [2.05, 4.69) is 41.5 Å². The highest BCUT2D eigenvalue weighted by molar-refractivity contribution is 7.47. The highest BCUT2D eigenvalue weighted by atomic mass is 31.2. The van der Waals surface area contributed by atoms with Crippen LogP contribution in [0.5, 0.6) is 0 Å². The predicted molar refractivity (Wildman–Crippen MR) is 400 cm³/mol. The van der Waals surface area contributed by atoms with E-state index in [9.17, 15) is 43.2 Å². The average molecular weight is 1440 g/mol. The molecule has 0 aliphatic heterocycles. The zero-order valence-corrected chi connectivity index (χ0v) is 65.9. The fraction of sp³-hybridized carbons (Fsp3) is 0.949. The first-order valence-corrected chi connectivity index (χ1v) is 44.0. The van der Waals surface area contributed by atoms with Crippen molar-refractivity contribution in [3.05, 3.63) is 0 Å². The molecule has 0 spiro atoms. The SMILES string of the molecule is CCCCCCCCCCCCCCCCCCCCCCCC(=O)O[C@H](COC(=O)CCCCCCCCCCCCC(C)CC)COP(=O)(O)OC[C@@H](O)COP(=O)(O)OC[C@@H](COC(=O)CCCCCCCCCCCCC)OC(=O)CCCCCCCCCCCC(C)C. The van der Waals surface area contributed by atoms with Gasteiger partial charge in [-0.25, -0.2) is 9.13 Å². The van der Waals surface area contributed by atoms with Gasteiger partial charge in [-0.15, -0.1) is 0 Å². The molecule has 0 rings (SSSR count). The monoisotopic (exact) mass is 1440 g/mol.